The van der Waals surface area contributed by atoms with Crippen LogP contribution in [0, 0.1) is 5.82 Å². The van der Waals surface area contributed by atoms with Crippen LogP contribution in [-0.4, -0.2) is 29.6 Å². The molecule has 1 aliphatic rings. The number of carboxylic acids is 1. The molecule has 3 amide bonds. The van der Waals surface area contributed by atoms with Crippen LogP contribution >= 0.6 is 0 Å². The van der Waals surface area contributed by atoms with Crippen LogP contribution in [0.5, 0.6) is 0 Å². The molecule has 0 spiro atoms. The van der Waals surface area contributed by atoms with E-state index >= 15 is 0 Å². The Kier molecular flexibility index (Phi) is 2.51. The predicted octanol–water partition coefficient (Wildman–Crippen LogP) is 0.580. The van der Waals surface area contributed by atoms with E-state index in [0.29, 0.717) is 0 Å². The van der Waals surface area contributed by atoms with Crippen LogP contribution in [0.4, 0.5) is 14.9 Å². The third-order valence-corrected chi connectivity index (χ3v) is 2.28. The number of anilines is 1. The fourth-order valence-corrected chi connectivity index (χ4v) is 1.50. The van der Waals surface area contributed by atoms with Crippen molar-refractivity contribution in [2.45, 2.75) is 0 Å². The summed E-state index contributed by atoms with van der Waals surface area (Å²) in [4.78, 5) is 34.1. The van der Waals surface area contributed by atoms with E-state index in [2.05, 4.69) is 5.32 Å². The average molecular weight is 238 g/mol. The lowest BCUT2D eigenvalue weighted by molar-refractivity contribution is -0.115. The minimum Gasteiger partial charge on any atom is -0.478 e. The number of imide groups is 1. The van der Waals surface area contributed by atoms with Gasteiger partial charge >= 0.3 is 12.0 Å². The summed E-state index contributed by atoms with van der Waals surface area (Å²) in [6.45, 7) is -0.154. The van der Waals surface area contributed by atoms with Gasteiger partial charge in [0, 0.05) is 0 Å². The number of carbonyl (C=O) groups is 3. The van der Waals surface area contributed by atoms with Gasteiger partial charge in [0.2, 0.25) is 0 Å². The van der Waals surface area contributed by atoms with Crippen LogP contribution in [0.15, 0.2) is 18.2 Å². The van der Waals surface area contributed by atoms with E-state index in [1.54, 1.807) is 0 Å². The molecule has 7 heteroatoms. The second kappa shape index (κ2) is 3.85. The number of hydrogen-bond donors (Lipinski definition) is 2. The van der Waals surface area contributed by atoms with Crippen molar-refractivity contribution in [3.8, 4) is 0 Å². The zero-order valence-electron chi connectivity index (χ0n) is 8.44. The number of amides is 3. The molecule has 1 aliphatic heterocycles. The van der Waals surface area contributed by atoms with E-state index < -0.39 is 29.3 Å². The largest absolute Gasteiger partial charge is 0.478 e. The molecule has 1 aromatic rings. The van der Waals surface area contributed by atoms with E-state index in [4.69, 9.17) is 5.11 Å². The Balaban J connectivity index is 2.46. The summed E-state index contributed by atoms with van der Waals surface area (Å²) in [6.07, 6.45) is 0. The van der Waals surface area contributed by atoms with Crippen molar-refractivity contribution >= 4 is 23.6 Å². The van der Waals surface area contributed by atoms with Gasteiger partial charge in [-0.1, -0.05) is 0 Å². The molecule has 1 heterocycles. The van der Waals surface area contributed by atoms with Gasteiger partial charge in [0.1, 0.15) is 5.82 Å². The first-order valence-corrected chi connectivity index (χ1v) is 4.64. The summed E-state index contributed by atoms with van der Waals surface area (Å²) in [7, 11) is 0. The molecule has 88 valence electrons. The molecular formula is C10H7FN2O4. The van der Waals surface area contributed by atoms with Gasteiger partial charge in [-0.05, 0) is 18.2 Å². The number of nitrogens with zero attached hydrogens (tertiary/aromatic N) is 1. The van der Waals surface area contributed by atoms with Gasteiger partial charge in [0.05, 0.1) is 17.8 Å². The van der Waals surface area contributed by atoms with Crippen LogP contribution in [0.2, 0.25) is 0 Å². The SMILES string of the molecule is O=C(O)c1cc(N2C(=O)CNC2=O)ccc1F. The molecule has 0 radical (unpaired) electrons. The maximum Gasteiger partial charge on any atom is 0.338 e. The lowest BCUT2D eigenvalue weighted by atomic mass is 10.2. The number of hydrogen-bond acceptors (Lipinski definition) is 3. The molecule has 0 aromatic heterocycles. The Hall–Kier alpha value is -2.44. The first kappa shape index (κ1) is 11.1. The average Bonchev–Trinajstić information content (AvgIpc) is 2.59. The Morgan fingerprint density at radius 1 is 1.41 bits per heavy atom. The van der Waals surface area contributed by atoms with Gasteiger partial charge < -0.3 is 10.4 Å². The van der Waals surface area contributed by atoms with Crippen molar-refractivity contribution in [2.24, 2.45) is 0 Å². The molecule has 0 aliphatic carbocycles. The fraction of sp³-hybridized carbons (Fsp3) is 0.100. The molecular weight excluding hydrogens is 231 g/mol. The molecule has 1 fully saturated rings. The molecule has 2 N–H and O–H groups in total. The van der Waals surface area contributed by atoms with Crippen LogP contribution in [-0.2, 0) is 4.79 Å². The van der Waals surface area contributed by atoms with Crippen LogP contribution in [0.1, 0.15) is 10.4 Å². The van der Waals surface area contributed by atoms with E-state index in [1.807, 2.05) is 0 Å². The van der Waals surface area contributed by atoms with E-state index in [0.717, 1.165) is 17.0 Å². The summed E-state index contributed by atoms with van der Waals surface area (Å²) < 4.78 is 13.1. The molecule has 0 unspecified atom stereocenters. The Morgan fingerprint density at radius 2 is 2.12 bits per heavy atom. The summed E-state index contributed by atoms with van der Waals surface area (Å²) in [5.41, 5.74) is -0.557. The smallest absolute Gasteiger partial charge is 0.338 e. The number of benzene rings is 1. The highest BCUT2D eigenvalue weighted by Gasteiger charge is 2.30. The van der Waals surface area contributed by atoms with Crippen molar-refractivity contribution in [2.75, 3.05) is 11.4 Å². The van der Waals surface area contributed by atoms with Gasteiger partial charge in [-0.25, -0.2) is 18.9 Å². The summed E-state index contributed by atoms with van der Waals surface area (Å²) in [5.74, 6) is -2.90. The fourth-order valence-electron chi connectivity index (χ4n) is 1.50. The Bertz CT molecular complexity index is 513. The van der Waals surface area contributed by atoms with Crippen molar-refractivity contribution < 1.29 is 23.9 Å². The number of urea groups is 1. The number of nitrogens with one attached hydrogen (secondary N) is 1. The molecule has 17 heavy (non-hydrogen) atoms. The van der Waals surface area contributed by atoms with Gasteiger partial charge in [0.15, 0.2) is 0 Å². The van der Waals surface area contributed by atoms with Crippen LogP contribution in [0.25, 0.3) is 0 Å². The topological polar surface area (TPSA) is 86.7 Å². The van der Waals surface area contributed by atoms with E-state index in [-0.39, 0.29) is 12.2 Å². The number of rotatable bonds is 2. The molecule has 1 aromatic carbocycles. The summed E-state index contributed by atoms with van der Waals surface area (Å²) in [5, 5.41) is 11.0. The van der Waals surface area contributed by atoms with Crippen molar-refractivity contribution in [1.82, 2.24) is 5.32 Å². The van der Waals surface area contributed by atoms with E-state index in [9.17, 15) is 18.8 Å². The lowest BCUT2D eigenvalue weighted by Gasteiger charge is -2.12. The minimum absolute atomic E-state index is 0.0313. The van der Waals surface area contributed by atoms with Crippen molar-refractivity contribution in [1.29, 1.82) is 0 Å². The van der Waals surface area contributed by atoms with Gasteiger partial charge in [-0.3, -0.25) is 4.79 Å². The molecule has 0 saturated carbocycles. The van der Waals surface area contributed by atoms with Gasteiger partial charge in [-0.2, -0.15) is 0 Å². The quantitative estimate of drug-likeness (QED) is 0.738. The van der Waals surface area contributed by atoms with Gasteiger partial charge in [0.25, 0.3) is 5.91 Å². The highest BCUT2D eigenvalue weighted by molar-refractivity contribution is 6.20. The third kappa shape index (κ3) is 1.82. The molecule has 2 rings (SSSR count). The second-order valence-corrected chi connectivity index (χ2v) is 3.36. The highest BCUT2D eigenvalue weighted by atomic mass is 19.1. The summed E-state index contributed by atoms with van der Waals surface area (Å²) in [6, 6.07) is 2.36. The molecule has 0 bridgehead atoms. The Labute approximate surface area is 94.6 Å². The number of carbonyl (C=O) groups excluding carboxylic acids is 2. The first-order valence-electron chi connectivity index (χ1n) is 4.64. The van der Waals surface area contributed by atoms with Crippen molar-refractivity contribution in [3.63, 3.8) is 0 Å². The number of carboxylic acid groups (broad SMARTS) is 1. The standard InChI is InChI=1S/C10H7FN2O4/c11-7-2-1-5(3-6(7)9(15)16)13-8(14)4-12-10(13)17/h1-3H,4H2,(H,12,17)(H,15,16). The molecule has 1 saturated heterocycles. The highest BCUT2D eigenvalue weighted by Crippen LogP contribution is 2.21. The van der Waals surface area contributed by atoms with E-state index in [1.165, 1.54) is 6.07 Å². The third-order valence-electron chi connectivity index (χ3n) is 2.28. The second-order valence-electron chi connectivity index (χ2n) is 3.36. The van der Waals surface area contributed by atoms with Crippen LogP contribution in [0.3, 0.4) is 0 Å². The molecule has 0 atom stereocenters. The zero-order valence-corrected chi connectivity index (χ0v) is 8.44. The number of aromatic carboxylic acids is 1. The zero-order chi connectivity index (χ0) is 12.6. The monoisotopic (exact) mass is 238 g/mol. The van der Waals surface area contributed by atoms with Crippen LogP contribution < -0.4 is 10.2 Å². The first-order chi connectivity index (χ1) is 8.00. The van der Waals surface area contributed by atoms with Crippen molar-refractivity contribution in [3.05, 3.63) is 29.6 Å². The number of halogens is 1. The maximum absolute atomic E-state index is 13.1. The summed E-state index contributed by atoms with van der Waals surface area (Å²) >= 11 is 0. The normalized spacial score (nSPS) is 15.0. The van der Waals surface area contributed by atoms with Gasteiger partial charge in [-0.15, -0.1) is 0 Å². The predicted molar refractivity (Wildman–Crippen MR) is 54.2 cm³/mol. The minimum atomic E-state index is -1.46. The maximum atomic E-state index is 13.1. The molecule has 6 nitrogen and oxygen atoms in total. The lowest BCUT2D eigenvalue weighted by Crippen LogP contribution is -2.30. The Morgan fingerprint density at radius 3 is 2.65 bits per heavy atom.